The Morgan fingerprint density at radius 3 is 2.53 bits per heavy atom. The molecule has 1 atom stereocenters. The SMILES string of the molecule is CC(C)(C)NC(=O)CNC(=O)N1CSC[C@H]1C(=O)O. The number of carboxylic acids is 1. The van der Waals surface area contributed by atoms with Crippen LogP contribution in [0.1, 0.15) is 20.8 Å². The maximum atomic E-state index is 11.8. The van der Waals surface area contributed by atoms with Crippen LogP contribution in [-0.4, -0.2) is 57.7 Å². The van der Waals surface area contributed by atoms with Gasteiger partial charge < -0.3 is 20.6 Å². The van der Waals surface area contributed by atoms with Crippen LogP contribution in [0.15, 0.2) is 0 Å². The van der Waals surface area contributed by atoms with Crippen LogP contribution in [-0.2, 0) is 9.59 Å². The molecule has 1 rings (SSSR count). The molecule has 0 unspecified atom stereocenters. The van der Waals surface area contributed by atoms with E-state index in [-0.39, 0.29) is 18.0 Å². The zero-order valence-electron chi connectivity index (χ0n) is 11.2. The van der Waals surface area contributed by atoms with Gasteiger partial charge in [-0.2, -0.15) is 0 Å². The molecule has 1 aliphatic rings. The quantitative estimate of drug-likeness (QED) is 0.683. The molecule has 19 heavy (non-hydrogen) atoms. The summed E-state index contributed by atoms with van der Waals surface area (Å²) in [6.45, 7) is 5.35. The Kier molecular flexibility index (Phi) is 5.04. The molecule has 0 radical (unpaired) electrons. The van der Waals surface area contributed by atoms with Gasteiger partial charge in [0, 0.05) is 11.3 Å². The number of urea groups is 1. The minimum Gasteiger partial charge on any atom is -0.480 e. The zero-order chi connectivity index (χ0) is 14.6. The Morgan fingerprint density at radius 2 is 2.00 bits per heavy atom. The lowest BCUT2D eigenvalue weighted by Crippen LogP contribution is -2.51. The zero-order valence-corrected chi connectivity index (χ0v) is 12.0. The molecule has 0 spiro atoms. The van der Waals surface area contributed by atoms with Crippen LogP contribution in [0.2, 0.25) is 0 Å². The summed E-state index contributed by atoms with van der Waals surface area (Å²) in [6, 6.07) is -1.35. The highest BCUT2D eigenvalue weighted by Gasteiger charge is 2.34. The summed E-state index contributed by atoms with van der Waals surface area (Å²) in [5, 5.41) is 14.1. The van der Waals surface area contributed by atoms with Crippen LogP contribution in [0.25, 0.3) is 0 Å². The minimum absolute atomic E-state index is 0.163. The molecule has 1 fully saturated rings. The third-order valence-electron chi connectivity index (χ3n) is 2.34. The topological polar surface area (TPSA) is 98.7 Å². The fraction of sp³-hybridized carbons (Fsp3) is 0.727. The van der Waals surface area contributed by atoms with Crippen LogP contribution in [0.5, 0.6) is 0 Å². The largest absolute Gasteiger partial charge is 0.480 e. The van der Waals surface area contributed by atoms with Gasteiger partial charge in [-0.3, -0.25) is 4.79 Å². The first-order valence-electron chi connectivity index (χ1n) is 5.87. The molecule has 0 aromatic heterocycles. The molecule has 3 N–H and O–H groups in total. The summed E-state index contributed by atoms with van der Waals surface area (Å²) in [4.78, 5) is 35.5. The highest BCUT2D eigenvalue weighted by molar-refractivity contribution is 7.99. The maximum absolute atomic E-state index is 11.8. The van der Waals surface area contributed by atoms with Gasteiger partial charge in [-0.05, 0) is 20.8 Å². The molecule has 7 nitrogen and oxygen atoms in total. The molecule has 1 saturated heterocycles. The molecular formula is C11H19N3O4S. The van der Waals surface area contributed by atoms with E-state index in [0.29, 0.717) is 11.6 Å². The Balaban J connectivity index is 2.43. The second-order valence-corrected chi connectivity index (χ2v) is 6.28. The second kappa shape index (κ2) is 6.14. The van der Waals surface area contributed by atoms with Crippen molar-refractivity contribution in [2.45, 2.75) is 32.4 Å². The normalized spacial score (nSPS) is 19.1. The number of amides is 3. The number of nitrogens with one attached hydrogen (secondary N) is 2. The number of thioether (sulfide) groups is 1. The number of carboxylic acid groups (broad SMARTS) is 1. The van der Waals surface area contributed by atoms with Crippen molar-refractivity contribution in [1.82, 2.24) is 15.5 Å². The lowest BCUT2D eigenvalue weighted by Gasteiger charge is -2.23. The Hall–Kier alpha value is -1.44. The van der Waals surface area contributed by atoms with Crippen LogP contribution in [0.3, 0.4) is 0 Å². The molecule has 1 heterocycles. The van der Waals surface area contributed by atoms with E-state index in [1.54, 1.807) is 0 Å². The van der Waals surface area contributed by atoms with E-state index in [4.69, 9.17) is 5.11 Å². The number of carbonyl (C=O) groups is 3. The van der Waals surface area contributed by atoms with Crippen molar-refractivity contribution >= 4 is 29.7 Å². The van der Waals surface area contributed by atoms with Gasteiger partial charge in [-0.15, -0.1) is 11.8 Å². The van der Waals surface area contributed by atoms with Gasteiger partial charge in [0.25, 0.3) is 0 Å². The third-order valence-corrected chi connectivity index (χ3v) is 3.36. The lowest BCUT2D eigenvalue weighted by molar-refractivity contribution is -0.140. The van der Waals surface area contributed by atoms with Crippen LogP contribution in [0.4, 0.5) is 4.79 Å². The van der Waals surface area contributed by atoms with E-state index in [0.717, 1.165) is 0 Å². The van der Waals surface area contributed by atoms with E-state index in [1.807, 2.05) is 20.8 Å². The van der Waals surface area contributed by atoms with E-state index < -0.39 is 18.0 Å². The van der Waals surface area contributed by atoms with Crippen molar-refractivity contribution in [2.24, 2.45) is 0 Å². The van der Waals surface area contributed by atoms with Gasteiger partial charge in [0.2, 0.25) is 5.91 Å². The molecule has 0 aromatic carbocycles. The number of hydrogen-bond acceptors (Lipinski definition) is 4. The summed E-state index contributed by atoms with van der Waals surface area (Å²) in [5.41, 5.74) is -0.366. The summed E-state index contributed by atoms with van der Waals surface area (Å²) >= 11 is 1.37. The average Bonchev–Trinajstić information content (AvgIpc) is 2.72. The first-order valence-corrected chi connectivity index (χ1v) is 7.02. The number of carbonyl (C=O) groups excluding carboxylic acids is 2. The molecule has 3 amide bonds. The number of hydrogen-bond donors (Lipinski definition) is 3. The van der Waals surface area contributed by atoms with Gasteiger partial charge in [0.1, 0.15) is 6.04 Å². The lowest BCUT2D eigenvalue weighted by atomic mass is 10.1. The highest BCUT2D eigenvalue weighted by atomic mass is 32.2. The number of rotatable bonds is 3. The predicted octanol–water partition coefficient (Wildman–Crippen LogP) is 0.0702. The van der Waals surface area contributed by atoms with Gasteiger partial charge in [-0.1, -0.05) is 0 Å². The van der Waals surface area contributed by atoms with Gasteiger partial charge >= 0.3 is 12.0 Å². The van der Waals surface area contributed by atoms with Gasteiger partial charge in [0.15, 0.2) is 0 Å². The molecule has 0 aliphatic carbocycles. The Bertz CT molecular complexity index is 381. The molecule has 1 aliphatic heterocycles. The summed E-state index contributed by atoms with van der Waals surface area (Å²) in [6.07, 6.45) is 0. The first kappa shape index (κ1) is 15.6. The monoisotopic (exact) mass is 289 g/mol. The summed E-state index contributed by atoms with van der Waals surface area (Å²) < 4.78 is 0. The minimum atomic E-state index is -1.03. The molecule has 108 valence electrons. The standard InChI is InChI=1S/C11H19N3O4S/c1-11(2,3)13-8(15)4-12-10(18)14-6-19-5-7(14)9(16)17/h7H,4-6H2,1-3H3,(H,12,18)(H,13,15)(H,16,17)/t7-/m0/s1. The van der Waals surface area contributed by atoms with Crippen LogP contribution in [0, 0.1) is 0 Å². The highest BCUT2D eigenvalue weighted by Crippen LogP contribution is 2.20. The van der Waals surface area contributed by atoms with Crippen molar-refractivity contribution in [3.8, 4) is 0 Å². The summed E-state index contributed by atoms with van der Waals surface area (Å²) in [5.74, 6) is -0.639. The van der Waals surface area contributed by atoms with Gasteiger partial charge in [0.05, 0.1) is 12.4 Å². The fourth-order valence-electron chi connectivity index (χ4n) is 1.57. The van der Waals surface area contributed by atoms with E-state index in [2.05, 4.69) is 10.6 Å². The van der Waals surface area contributed by atoms with Crippen molar-refractivity contribution in [3.63, 3.8) is 0 Å². The molecule has 0 bridgehead atoms. The molecule has 0 aromatic rings. The Labute approximate surface area is 116 Å². The van der Waals surface area contributed by atoms with Crippen molar-refractivity contribution in [2.75, 3.05) is 18.2 Å². The van der Waals surface area contributed by atoms with Crippen molar-refractivity contribution in [1.29, 1.82) is 0 Å². The van der Waals surface area contributed by atoms with E-state index in [1.165, 1.54) is 16.7 Å². The number of nitrogens with zero attached hydrogens (tertiary/aromatic N) is 1. The second-order valence-electron chi connectivity index (χ2n) is 5.28. The van der Waals surface area contributed by atoms with Crippen LogP contribution < -0.4 is 10.6 Å². The Morgan fingerprint density at radius 1 is 1.37 bits per heavy atom. The van der Waals surface area contributed by atoms with Crippen molar-refractivity contribution in [3.05, 3.63) is 0 Å². The predicted molar refractivity (Wildman–Crippen MR) is 71.9 cm³/mol. The van der Waals surface area contributed by atoms with Crippen molar-refractivity contribution < 1.29 is 19.5 Å². The molecule has 0 saturated carbocycles. The third kappa shape index (κ3) is 4.98. The average molecular weight is 289 g/mol. The summed E-state index contributed by atoms with van der Waals surface area (Å²) in [7, 11) is 0. The molecular weight excluding hydrogens is 270 g/mol. The van der Waals surface area contributed by atoms with Gasteiger partial charge in [-0.25, -0.2) is 9.59 Å². The fourth-order valence-corrected chi connectivity index (χ4v) is 2.71. The smallest absolute Gasteiger partial charge is 0.327 e. The van der Waals surface area contributed by atoms with Crippen LogP contribution >= 0.6 is 11.8 Å². The van der Waals surface area contributed by atoms with E-state index in [9.17, 15) is 14.4 Å². The number of aliphatic carboxylic acids is 1. The first-order chi connectivity index (χ1) is 8.70. The molecule has 8 heteroatoms. The maximum Gasteiger partial charge on any atom is 0.327 e. The van der Waals surface area contributed by atoms with E-state index >= 15 is 0 Å².